The molecule has 2 fully saturated rings. The van der Waals surface area contributed by atoms with Crippen LogP contribution in [0.3, 0.4) is 0 Å². The Kier molecular flexibility index (Phi) is 4.58. The van der Waals surface area contributed by atoms with Crippen LogP contribution in [0.5, 0.6) is 0 Å². The highest BCUT2D eigenvalue weighted by Gasteiger charge is 2.44. The van der Waals surface area contributed by atoms with Crippen LogP contribution < -0.4 is 0 Å². The molecule has 4 rings (SSSR count). The van der Waals surface area contributed by atoms with Gasteiger partial charge in [0.2, 0.25) is 5.91 Å². The van der Waals surface area contributed by atoms with Crippen LogP contribution >= 0.6 is 0 Å². The average molecular weight is 348 g/mol. The molecule has 26 heavy (non-hydrogen) atoms. The van der Waals surface area contributed by atoms with Crippen LogP contribution in [0, 0.1) is 6.92 Å². The number of aryl methyl sites for hydroxylation is 1. The van der Waals surface area contributed by atoms with Crippen LogP contribution in [-0.4, -0.2) is 41.4 Å². The summed E-state index contributed by atoms with van der Waals surface area (Å²) in [6, 6.07) is 17.5. The molecule has 0 saturated carbocycles. The highest BCUT2D eigenvalue weighted by Crippen LogP contribution is 2.38. The van der Waals surface area contributed by atoms with Crippen molar-refractivity contribution in [3.8, 4) is 11.1 Å². The Morgan fingerprint density at radius 1 is 1.00 bits per heavy atom. The van der Waals surface area contributed by atoms with E-state index in [0.29, 0.717) is 5.91 Å². The summed E-state index contributed by atoms with van der Waals surface area (Å²) in [6.45, 7) is 5.32. The summed E-state index contributed by atoms with van der Waals surface area (Å²) in [5, 5.41) is 0. The smallest absolute Gasteiger partial charge is 0.222 e. The summed E-state index contributed by atoms with van der Waals surface area (Å²) in [6.07, 6.45) is 3.98. The van der Waals surface area contributed by atoms with Gasteiger partial charge in [0.15, 0.2) is 0 Å². The number of carbonyl (C=O) groups excluding carboxylic acids is 1. The van der Waals surface area contributed by atoms with Crippen LogP contribution in [0.25, 0.3) is 11.1 Å². The molecule has 2 aliphatic rings. The van der Waals surface area contributed by atoms with E-state index in [1.165, 1.54) is 22.3 Å². The number of amides is 1. The van der Waals surface area contributed by atoms with Gasteiger partial charge in [-0.1, -0.05) is 42.5 Å². The van der Waals surface area contributed by atoms with Gasteiger partial charge in [-0.25, -0.2) is 0 Å². The molecule has 2 aromatic rings. The van der Waals surface area contributed by atoms with E-state index in [1.807, 2.05) is 11.9 Å². The molecule has 0 radical (unpaired) electrons. The SMILES string of the molecule is Cc1ccccc1-c1cccc(CN2CCC3(CCC(=O)N3C)CC2)c1. The highest BCUT2D eigenvalue weighted by molar-refractivity contribution is 5.79. The monoisotopic (exact) mass is 348 g/mol. The fraction of sp³-hybridized carbons (Fsp3) is 0.435. The molecule has 1 spiro atoms. The predicted molar refractivity (Wildman–Crippen MR) is 106 cm³/mol. The van der Waals surface area contributed by atoms with Crippen molar-refractivity contribution in [1.82, 2.24) is 9.80 Å². The van der Waals surface area contributed by atoms with Crippen molar-refractivity contribution in [3.05, 3.63) is 59.7 Å². The second-order valence-corrected chi connectivity index (χ2v) is 7.97. The summed E-state index contributed by atoms with van der Waals surface area (Å²) in [5.41, 5.74) is 5.45. The molecule has 0 aliphatic carbocycles. The summed E-state index contributed by atoms with van der Waals surface area (Å²) in [4.78, 5) is 16.5. The molecule has 0 aromatic heterocycles. The Morgan fingerprint density at radius 3 is 2.46 bits per heavy atom. The van der Waals surface area contributed by atoms with E-state index in [4.69, 9.17) is 0 Å². The van der Waals surface area contributed by atoms with Crippen LogP contribution in [0.1, 0.15) is 36.8 Å². The van der Waals surface area contributed by atoms with Gasteiger partial charge in [0.05, 0.1) is 0 Å². The third kappa shape index (κ3) is 3.16. The lowest BCUT2D eigenvalue weighted by Gasteiger charge is -2.43. The van der Waals surface area contributed by atoms with Crippen molar-refractivity contribution in [2.75, 3.05) is 20.1 Å². The van der Waals surface area contributed by atoms with Crippen molar-refractivity contribution < 1.29 is 4.79 Å². The Bertz CT molecular complexity index is 805. The van der Waals surface area contributed by atoms with Gasteiger partial charge < -0.3 is 4.90 Å². The third-order valence-electron chi connectivity index (χ3n) is 6.47. The number of benzene rings is 2. The van der Waals surface area contributed by atoms with E-state index >= 15 is 0 Å². The molecule has 0 N–H and O–H groups in total. The minimum Gasteiger partial charge on any atom is -0.340 e. The molecule has 2 saturated heterocycles. The lowest BCUT2D eigenvalue weighted by Crippen LogP contribution is -2.51. The summed E-state index contributed by atoms with van der Waals surface area (Å²) in [5.74, 6) is 0.324. The van der Waals surface area contributed by atoms with E-state index in [1.54, 1.807) is 0 Å². The predicted octanol–water partition coefficient (Wildman–Crippen LogP) is 4.25. The molecular formula is C23H28N2O. The number of likely N-dealkylation sites (tertiary alicyclic amines) is 2. The van der Waals surface area contributed by atoms with Gasteiger partial charge in [-0.05, 0) is 54.5 Å². The van der Waals surface area contributed by atoms with Gasteiger partial charge in [0, 0.05) is 38.6 Å². The fourth-order valence-electron chi connectivity index (χ4n) is 4.64. The van der Waals surface area contributed by atoms with Crippen molar-refractivity contribution in [3.63, 3.8) is 0 Å². The molecule has 0 bridgehead atoms. The standard InChI is InChI=1S/C23H28N2O/c1-18-6-3-4-9-21(18)20-8-5-7-19(16-20)17-25-14-12-23(13-15-25)11-10-22(26)24(23)2/h3-9,16H,10-15,17H2,1-2H3. The maximum Gasteiger partial charge on any atom is 0.222 e. The topological polar surface area (TPSA) is 23.6 Å². The normalized spacial score (nSPS) is 20.1. The maximum absolute atomic E-state index is 11.9. The van der Waals surface area contributed by atoms with E-state index < -0.39 is 0 Å². The van der Waals surface area contributed by atoms with E-state index in [9.17, 15) is 4.79 Å². The second-order valence-electron chi connectivity index (χ2n) is 7.97. The Hall–Kier alpha value is -2.13. The fourth-order valence-corrected chi connectivity index (χ4v) is 4.64. The first-order valence-electron chi connectivity index (χ1n) is 9.71. The van der Waals surface area contributed by atoms with E-state index in [2.05, 4.69) is 60.4 Å². The van der Waals surface area contributed by atoms with Crippen LogP contribution in [0.2, 0.25) is 0 Å². The molecule has 136 valence electrons. The lowest BCUT2D eigenvalue weighted by atomic mass is 9.85. The van der Waals surface area contributed by atoms with Crippen molar-refractivity contribution in [2.45, 2.75) is 44.7 Å². The molecule has 1 amide bonds. The summed E-state index contributed by atoms with van der Waals surface area (Å²) in [7, 11) is 2.00. The average Bonchev–Trinajstić information content (AvgIpc) is 2.93. The Labute approximate surface area is 156 Å². The van der Waals surface area contributed by atoms with Gasteiger partial charge >= 0.3 is 0 Å². The quantitative estimate of drug-likeness (QED) is 0.828. The van der Waals surface area contributed by atoms with Crippen molar-refractivity contribution in [2.24, 2.45) is 0 Å². The number of rotatable bonds is 3. The van der Waals surface area contributed by atoms with Gasteiger partial charge in [-0.2, -0.15) is 0 Å². The number of nitrogens with zero attached hydrogens (tertiary/aromatic N) is 2. The summed E-state index contributed by atoms with van der Waals surface area (Å²) < 4.78 is 0. The number of hydrogen-bond donors (Lipinski definition) is 0. The van der Waals surface area contributed by atoms with Crippen molar-refractivity contribution in [1.29, 1.82) is 0 Å². The van der Waals surface area contributed by atoms with Crippen molar-refractivity contribution >= 4 is 5.91 Å². The summed E-state index contributed by atoms with van der Waals surface area (Å²) >= 11 is 0. The van der Waals surface area contributed by atoms with Crippen LogP contribution in [0.15, 0.2) is 48.5 Å². The van der Waals surface area contributed by atoms with Gasteiger partial charge in [-0.3, -0.25) is 9.69 Å². The first-order chi connectivity index (χ1) is 12.6. The van der Waals surface area contributed by atoms with Crippen LogP contribution in [0.4, 0.5) is 0 Å². The number of piperidine rings is 1. The second kappa shape index (κ2) is 6.88. The Balaban J connectivity index is 1.44. The van der Waals surface area contributed by atoms with E-state index in [-0.39, 0.29) is 5.54 Å². The minimum atomic E-state index is 0.135. The van der Waals surface area contributed by atoms with Crippen LogP contribution in [-0.2, 0) is 11.3 Å². The molecule has 2 aromatic carbocycles. The molecule has 3 heteroatoms. The highest BCUT2D eigenvalue weighted by atomic mass is 16.2. The van der Waals surface area contributed by atoms with E-state index in [0.717, 1.165) is 45.3 Å². The van der Waals surface area contributed by atoms with Gasteiger partial charge in [0.1, 0.15) is 0 Å². The third-order valence-corrected chi connectivity index (χ3v) is 6.47. The molecule has 3 nitrogen and oxygen atoms in total. The number of hydrogen-bond acceptors (Lipinski definition) is 2. The first-order valence-corrected chi connectivity index (χ1v) is 9.71. The largest absolute Gasteiger partial charge is 0.340 e. The molecule has 0 atom stereocenters. The van der Waals surface area contributed by atoms with Gasteiger partial charge in [-0.15, -0.1) is 0 Å². The Morgan fingerprint density at radius 2 is 1.77 bits per heavy atom. The molecule has 0 unspecified atom stereocenters. The maximum atomic E-state index is 11.9. The first kappa shape index (κ1) is 17.3. The molecular weight excluding hydrogens is 320 g/mol. The zero-order valence-electron chi connectivity index (χ0n) is 15.9. The zero-order valence-corrected chi connectivity index (χ0v) is 15.9. The zero-order chi connectivity index (χ0) is 18.1. The molecule has 2 aliphatic heterocycles. The number of carbonyl (C=O) groups is 1. The molecule has 2 heterocycles. The lowest BCUT2D eigenvalue weighted by molar-refractivity contribution is -0.130. The van der Waals surface area contributed by atoms with Gasteiger partial charge in [0.25, 0.3) is 0 Å². The minimum absolute atomic E-state index is 0.135.